The van der Waals surface area contributed by atoms with E-state index in [9.17, 15) is 9.90 Å². The summed E-state index contributed by atoms with van der Waals surface area (Å²) in [5, 5.41) is 9.47. The molecule has 0 radical (unpaired) electrons. The van der Waals surface area contributed by atoms with Crippen LogP contribution >= 0.6 is 0 Å². The van der Waals surface area contributed by atoms with Crippen molar-refractivity contribution in [1.82, 2.24) is 19.9 Å². The number of methoxy groups -OCH3 is 5. The Morgan fingerprint density at radius 3 is 1.51 bits per heavy atom. The molecule has 2 aromatic heterocycles. The van der Waals surface area contributed by atoms with Gasteiger partial charge in [0.25, 0.3) is 0 Å². The average Bonchev–Trinajstić information content (AvgIpc) is 3.20. The summed E-state index contributed by atoms with van der Waals surface area (Å²) < 4.78 is 26.1. The molecule has 6 rings (SSSR count). The van der Waals surface area contributed by atoms with Crippen LogP contribution in [0.4, 0.5) is 0 Å². The molecule has 55 heavy (non-hydrogen) atoms. The van der Waals surface area contributed by atoms with E-state index in [4.69, 9.17) is 23.7 Å². The minimum Gasteiger partial charge on any atom is -1.00 e. The Morgan fingerprint density at radius 1 is 0.600 bits per heavy atom. The van der Waals surface area contributed by atoms with Crippen LogP contribution in [0.15, 0.2) is 110 Å². The summed E-state index contributed by atoms with van der Waals surface area (Å²) in [7, 11) is 7.74. The van der Waals surface area contributed by atoms with Crippen molar-refractivity contribution < 1.29 is 66.3 Å². The minimum absolute atomic E-state index is 0. The van der Waals surface area contributed by atoms with Crippen molar-refractivity contribution in [3.05, 3.63) is 143 Å². The standard InChI is InChI=1S/C21H20N2O4.C20H20N2O3.Al.ClH.Li.4H/c1-25-19-7-5-4-6-16(19)18-12-15(22-13-23-18)10-14-8-9-20(26-2)17(11-14)21(24)27-3;1-24-19-8-7-14(9-15(19)12-23)10-16-11-18(22-13-21-16)17-5-3-4-6-20(17)25-2;;;;;;;/h4-9,11-13H,10H2,1-3H3;3-9,11,13,23H,10,12H2,1-2H3;;1H;;;;;/q;;;;+1;;;;-1/p-1. The second-order valence-electron chi connectivity index (χ2n) is 11.4. The molecule has 0 bridgehead atoms. The van der Waals surface area contributed by atoms with Crippen LogP contribution in [0.25, 0.3) is 22.5 Å². The summed E-state index contributed by atoms with van der Waals surface area (Å²) in [5.74, 6) is 2.25. The van der Waals surface area contributed by atoms with E-state index in [2.05, 4.69) is 19.9 Å². The van der Waals surface area contributed by atoms with Crippen LogP contribution in [-0.2, 0) is 24.2 Å². The fraction of sp³-hybridized carbons (Fsp3) is 0.195. The molecule has 0 saturated heterocycles. The van der Waals surface area contributed by atoms with Crippen molar-refractivity contribution in [2.45, 2.75) is 19.4 Å². The van der Waals surface area contributed by atoms with Crippen molar-refractivity contribution in [2.24, 2.45) is 0 Å². The average molecular weight is 774 g/mol. The molecule has 282 valence electrons. The zero-order chi connectivity index (χ0) is 36.9. The number of para-hydroxylation sites is 2. The molecule has 1 N–H and O–H groups in total. The summed E-state index contributed by atoms with van der Waals surface area (Å²) in [4.78, 5) is 29.4. The van der Waals surface area contributed by atoms with E-state index in [1.54, 1.807) is 39.8 Å². The number of aromatic nitrogens is 4. The van der Waals surface area contributed by atoms with Crippen LogP contribution in [-0.4, -0.2) is 83.9 Å². The number of carbonyl (C=O) groups excluding carboxylic acids is 1. The molecule has 0 amide bonds. The van der Waals surface area contributed by atoms with Gasteiger partial charge in [0.05, 0.1) is 53.5 Å². The Bertz CT molecular complexity index is 2150. The summed E-state index contributed by atoms with van der Waals surface area (Å²) in [5.41, 5.74) is 8.26. The molecule has 0 fully saturated rings. The van der Waals surface area contributed by atoms with Crippen molar-refractivity contribution in [1.29, 1.82) is 0 Å². The van der Waals surface area contributed by atoms with Crippen LogP contribution < -0.4 is 50.2 Å². The topological polar surface area (TPSA) is 135 Å². The third-order valence-corrected chi connectivity index (χ3v) is 8.17. The molecule has 0 atom stereocenters. The molecule has 0 aliphatic carbocycles. The molecular formula is C41H44AlClLiN4O7-. The Hall–Kier alpha value is -4.91. The first-order valence-corrected chi connectivity index (χ1v) is 16.3. The number of ether oxygens (including phenoxy) is 5. The largest absolute Gasteiger partial charge is 1.00 e. The monoisotopic (exact) mass is 773 g/mol. The quantitative estimate of drug-likeness (QED) is 0.130. The number of esters is 1. The van der Waals surface area contributed by atoms with Gasteiger partial charge in [0.15, 0.2) is 17.4 Å². The number of carbonyl (C=O) groups is 1. The molecule has 4 aromatic carbocycles. The number of nitrogens with zero attached hydrogens (tertiary/aromatic N) is 4. The zero-order valence-electron chi connectivity index (χ0n) is 32.1. The predicted molar refractivity (Wildman–Crippen MR) is 208 cm³/mol. The Kier molecular flexibility index (Phi) is 19.4. The predicted octanol–water partition coefficient (Wildman–Crippen LogP) is -0.281. The van der Waals surface area contributed by atoms with Crippen LogP contribution in [0.1, 0.15) is 39.9 Å². The Labute approximate surface area is 351 Å². The molecule has 14 heteroatoms. The van der Waals surface area contributed by atoms with Gasteiger partial charge in [0, 0.05) is 40.9 Å². The van der Waals surface area contributed by atoms with E-state index < -0.39 is 5.97 Å². The molecule has 11 nitrogen and oxygen atoms in total. The molecule has 0 saturated carbocycles. The molecule has 0 aliphatic rings. The van der Waals surface area contributed by atoms with Gasteiger partial charge in [0.1, 0.15) is 41.2 Å². The SMILES string of the molecule is COC(=O)c1cc(Cc2cc(-c3ccccc3OC)ncn2)ccc1OC.COc1ccc(Cc2cc(-c3ccccc3OC)ncn2)cc1CO.[AlH3].[Cl-].[H-].[Li+]. The van der Waals surface area contributed by atoms with Gasteiger partial charge >= 0.3 is 24.8 Å². The number of aliphatic hydroxyl groups is 1. The van der Waals surface area contributed by atoms with Crippen LogP contribution in [0.2, 0.25) is 0 Å². The van der Waals surface area contributed by atoms with E-state index in [-0.39, 0.29) is 56.7 Å². The second kappa shape index (κ2) is 23.1. The Balaban J connectivity index is 0.000000524. The summed E-state index contributed by atoms with van der Waals surface area (Å²) in [6.45, 7) is -0.0623. The van der Waals surface area contributed by atoms with Gasteiger partial charge in [-0.1, -0.05) is 36.4 Å². The molecule has 2 heterocycles. The van der Waals surface area contributed by atoms with E-state index in [0.717, 1.165) is 62.1 Å². The van der Waals surface area contributed by atoms with Crippen LogP contribution in [0, 0.1) is 0 Å². The Morgan fingerprint density at radius 2 is 1.05 bits per heavy atom. The maximum Gasteiger partial charge on any atom is 1.00 e. The zero-order valence-corrected chi connectivity index (χ0v) is 31.8. The molecule has 0 unspecified atom stereocenters. The van der Waals surface area contributed by atoms with Gasteiger partial charge in [-0.2, -0.15) is 0 Å². The fourth-order valence-electron chi connectivity index (χ4n) is 5.61. The third kappa shape index (κ3) is 12.0. The van der Waals surface area contributed by atoms with Crippen LogP contribution in [0.3, 0.4) is 0 Å². The van der Waals surface area contributed by atoms with E-state index in [1.165, 1.54) is 20.5 Å². The second-order valence-corrected chi connectivity index (χ2v) is 11.4. The first-order valence-electron chi connectivity index (χ1n) is 16.3. The van der Waals surface area contributed by atoms with Gasteiger partial charge in [-0.3, -0.25) is 0 Å². The third-order valence-electron chi connectivity index (χ3n) is 8.17. The first kappa shape index (κ1) is 46.2. The first-order chi connectivity index (χ1) is 25.4. The number of halogens is 1. The summed E-state index contributed by atoms with van der Waals surface area (Å²) in [6, 6.07) is 30.5. The molecule has 0 spiro atoms. The van der Waals surface area contributed by atoms with Gasteiger partial charge in [0.2, 0.25) is 0 Å². The number of rotatable bonds is 12. The number of aliphatic hydroxyl groups excluding tert-OH is 1. The van der Waals surface area contributed by atoms with Gasteiger partial charge < -0.3 is 42.6 Å². The maximum absolute atomic E-state index is 12.0. The summed E-state index contributed by atoms with van der Waals surface area (Å²) >= 11 is 0. The van der Waals surface area contributed by atoms with E-state index in [1.807, 2.05) is 84.9 Å². The van der Waals surface area contributed by atoms with E-state index >= 15 is 0 Å². The number of hydrogen-bond acceptors (Lipinski definition) is 11. The van der Waals surface area contributed by atoms with Crippen molar-refractivity contribution >= 4 is 23.3 Å². The van der Waals surface area contributed by atoms with Crippen LogP contribution in [0.5, 0.6) is 23.0 Å². The van der Waals surface area contributed by atoms with Gasteiger partial charge in [-0.15, -0.1) is 0 Å². The minimum atomic E-state index is -0.439. The molecular weight excluding hydrogens is 730 g/mol. The number of hydrogen-bond donors (Lipinski definition) is 1. The van der Waals surface area contributed by atoms with Crippen molar-refractivity contribution in [3.63, 3.8) is 0 Å². The smallest absolute Gasteiger partial charge is 1.00 e. The van der Waals surface area contributed by atoms with E-state index in [0.29, 0.717) is 29.9 Å². The fourth-order valence-corrected chi connectivity index (χ4v) is 5.61. The number of benzene rings is 4. The normalized spacial score (nSPS) is 9.85. The maximum atomic E-state index is 12.0. The van der Waals surface area contributed by atoms with Gasteiger partial charge in [-0.25, -0.2) is 24.7 Å². The molecule has 0 aliphatic heterocycles. The summed E-state index contributed by atoms with van der Waals surface area (Å²) in [6.07, 6.45) is 4.27. The van der Waals surface area contributed by atoms with Gasteiger partial charge in [-0.05, 0) is 71.8 Å². The van der Waals surface area contributed by atoms with Crippen molar-refractivity contribution in [2.75, 3.05) is 35.5 Å². The van der Waals surface area contributed by atoms with Crippen molar-refractivity contribution in [3.8, 4) is 45.5 Å². The molecule has 6 aromatic rings.